The van der Waals surface area contributed by atoms with Gasteiger partial charge in [-0.2, -0.15) is 0 Å². The topological polar surface area (TPSA) is 117 Å². The number of Topliss-reactive ketones (excluding diaryl/α,β-unsaturated/α-hetero) is 1. The summed E-state index contributed by atoms with van der Waals surface area (Å²) in [6.07, 6.45) is 3.98. The van der Waals surface area contributed by atoms with Gasteiger partial charge >= 0.3 is 0 Å². The van der Waals surface area contributed by atoms with E-state index in [4.69, 9.17) is 5.73 Å². The number of guanidine groups is 1. The van der Waals surface area contributed by atoms with E-state index < -0.39 is 5.91 Å². The molecule has 0 radical (unpaired) electrons. The summed E-state index contributed by atoms with van der Waals surface area (Å²) in [5.74, 6) is -0.415. The largest absolute Gasteiger partial charge is 0.370 e. The number of carbonyl (C=O) groups excluding carboxylic acids is 3. The number of rotatable bonds is 11. The van der Waals surface area contributed by atoms with Crippen LogP contribution in [0.3, 0.4) is 0 Å². The molecule has 8 nitrogen and oxygen atoms in total. The summed E-state index contributed by atoms with van der Waals surface area (Å²) in [7, 11) is 1.96. The molecule has 0 fully saturated rings. The first-order valence-electron chi connectivity index (χ1n) is 8.29. The molecule has 0 spiro atoms. The third kappa shape index (κ3) is 11.6. The molecule has 0 aromatic carbocycles. The van der Waals surface area contributed by atoms with Crippen molar-refractivity contribution in [3.8, 4) is 0 Å². The molecule has 0 aliphatic carbocycles. The molecule has 4 N–H and O–H groups in total. The zero-order valence-corrected chi connectivity index (χ0v) is 15.2. The van der Waals surface area contributed by atoms with Gasteiger partial charge in [-0.15, -0.1) is 0 Å². The Morgan fingerprint density at radius 2 is 1.75 bits per heavy atom. The highest BCUT2D eigenvalue weighted by atomic mass is 16.2. The molecular formula is C16H31N5O3. The zero-order chi connectivity index (χ0) is 18.5. The summed E-state index contributed by atoms with van der Waals surface area (Å²) < 4.78 is 0. The highest BCUT2D eigenvalue weighted by Gasteiger charge is 2.12. The van der Waals surface area contributed by atoms with Gasteiger partial charge in [0.2, 0.25) is 11.8 Å². The van der Waals surface area contributed by atoms with Gasteiger partial charge in [0.1, 0.15) is 5.78 Å². The highest BCUT2D eigenvalue weighted by Crippen LogP contribution is 2.04. The normalized spacial score (nSPS) is 12.8. The molecule has 1 atom stereocenters. The van der Waals surface area contributed by atoms with Gasteiger partial charge in [-0.1, -0.05) is 12.8 Å². The minimum Gasteiger partial charge on any atom is -0.370 e. The molecule has 0 aromatic rings. The second kappa shape index (κ2) is 12.5. The summed E-state index contributed by atoms with van der Waals surface area (Å²) in [4.78, 5) is 39.4. The molecule has 0 aliphatic rings. The van der Waals surface area contributed by atoms with Gasteiger partial charge in [-0.25, -0.2) is 0 Å². The molecule has 0 saturated heterocycles. The van der Waals surface area contributed by atoms with Crippen molar-refractivity contribution in [1.82, 2.24) is 15.5 Å². The van der Waals surface area contributed by atoms with Gasteiger partial charge < -0.3 is 11.1 Å². The Bertz CT molecular complexity index is 451. The number of carbonyl (C=O) groups is 3. The summed E-state index contributed by atoms with van der Waals surface area (Å²) >= 11 is 0. The molecule has 2 amide bonds. The van der Waals surface area contributed by atoms with Crippen LogP contribution in [0, 0.1) is 0 Å². The molecule has 0 unspecified atom stereocenters. The van der Waals surface area contributed by atoms with Crippen LogP contribution in [0.4, 0.5) is 0 Å². The molecule has 0 aliphatic heterocycles. The summed E-state index contributed by atoms with van der Waals surface area (Å²) in [5.41, 5.74) is 5.59. The number of hydrogen-bond donors (Lipinski definition) is 3. The van der Waals surface area contributed by atoms with Crippen LogP contribution in [0.25, 0.3) is 0 Å². The van der Waals surface area contributed by atoms with Gasteiger partial charge in [-0.05, 0) is 40.3 Å². The maximum Gasteiger partial charge on any atom is 0.246 e. The van der Waals surface area contributed by atoms with E-state index in [1.807, 2.05) is 14.0 Å². The van der Waals surface area contributed by atoms with E-state index >= 15 is 0 Å². The fourth-order valence-electron chi connectivity index (χ4n) is 1.96. The fourth-order valence-corrected chi connectivity index (χ4v) is 1.96. The van der Waals surface area contributed by atoms with Crippen LogP contribution in [0.5, 0.6) is 0 Å². The van der Waals surface area contributed by atoms with E-state index in [2.05, 4.69) is 20.5 Å². The molecule has 24 heavy (non-hydrogen) atoms. The Labute approximate surface area is 144 Å². The van der Waals surface area contributed by atoms with E-state index in [1.165, 1.54) is 6.92 Å². The van der Waals surface area contributed by atoms with Crippen molar-refractivity contribution in [3.05, 3.63) is 0 Å². The van der Waals surface area contributed by atoms with Crippen LogP contribution >= 0.6 is 0 Å². The van der Waals surface area contributed by atoms with Crippen molar-refractivity contribution in [2.75, 3.05) is 26.7 Å². The summed E-state index contributed by atoms with van der Waals surface area (Å²) in [5, 5.41) is 4.79. The Hall–Kier alpha value is -1.96. The maximum atomic E-state index is 11.4. The number of ketones is 1. The van der Waals surface area contributed by atoms with Gasteiger partial charge in [0.15, 0.2) is 5.96 Å². The van der Waals surface area contributed by atoms with E-state index in [1.54, 1.807) is 6.92 Å². The number of nitrogens with zero attached hydrogens (tertiary/aromatic N) is 2. The standard InChI is InChI=1S/C16H31N5O3/c1-12(13(2)22)21(4)10-8-6-5-7-9-18-16(17)20-15(24)11-19-14(3)23/h12H,5-11H2,1-4H3,(H,19,23)(H3,17,18,20,24)/t12-/m1/s1. The minimum absolute atomic E-state index is 0.0319. The van der Waals surface area contributed by atoms with Crippen molar-refractivity contribution in [2.45, 2.75) is 52.5 Å². The Morgan fingerprint density at radius 3 is 2.33 bits per heavy atom. The van der Waals surface area contributed by atoms with Crippen LogP contribution in [-0.4, -0.2) is 61.2 Å². The van der Waals surface area contributed by atoms with Gasteiger partial charge in [0.05, 0.1) is 12.6 Å². The number of aliphatic imine (C=N–C) groups is 1. The first-order valence-corrected chi connectivity index (χ1v) is 8.29. The van der Waals surface area contributed by atoms with Crippen molar-refractivity contribution in [3.63, 3.8) is 0 Å². The minimum atomic E-state index is -0.394. The molecule has 0 aromatic heterocycles. The quantitative estimate of drug-likeness (QED) is 0.278. The third-order valence-corrected chi connectivity index (χ3v) is 3.72. The van der Waals surface area contributed by atoms with Gasteiger partial charge in [-0.3, -0.25) is 29.6 Å². The molecular weight excluding hydrogens is 310 g/mol. The van der Waals surface area contributed by atoms with Crippen LogP contribution in [-0.2, 0) is 14.4 Å². The average molecular weight is 341 g/mol. The smallest absolute Gasteiger partial charge is 0.246 e. The second-order valence-electron chi connectivity index (χ2n) is 5.91. The van der Waals surface area contributed by atoms with Gasteiger partial charge in [0, 0.05) is 13.5 Å². The number of unbranched alkanes of at least 4 members (excludes halogenated alkanes) is 3. The fraction of sp³-hybridized carbons (Fsp3) is 0.750. The zero-order valence-electron chi connectivity index (χ0n) is 15.2. The first kappa shape index (κ1) is 22.0. The summed E-state index contributed by atoms with van der Waals surface area (Å²) in [6.45, 7) is 6.19. The number of amides is 2. The SMILES string of the molecule is CC(=O)NCC(=O)NC(N)=NCCCCCCN(C)[C@H](C)C(C)=O. The first-order chi connectivity index (χ1) is 11.2. The molecule has 0 saturated carbocycles. The third-order valence-electron chi connectivity index (χ3n) is 3.72. The average Bonchev–Trinajstić information content (AvgIpc) is 2.50. The molecule has 0 rings (SSSR count). The molecule has 0 bridgehead atoms. The van der Waals surface area contributed by atoms with E-state index in [0.29, 0.717) is 6.54 Å². The van der Waals surface area contributed by atoms with Crippen molar-refractivity contribution >= 4 is 23.6 Å². The predicted molar refractivity (Wildman–Crippen MR) is 94.6 cm³/mol. The lowest BCUT2D eigenvalue weighted by Crippen LogP contribution is -2.42. The lowest BCUT2D eigenvalue weighted by Gasteiger charge is -2.22. The molecule has 138 valence electrons. The monoisotopic (exact) mass is 341 g/mol. The second-order valence-corrected chi connectivity index (χ2v) is 5.91. The number of hydrogen-bond acceptors (Lipinski definition) is 5. The van der Waals surface area contributed by atoms with E-state index in [-0.39, 0.29) is 30.2 Å². The van der Waals surface area contributed by atoms with Crippen LogP contribution in [0.15, 0.2) is 4.99 Å². The van der Waals surface area contributed by atoms with Crippen molar-refractivity contribution < 1.29 is 14.4 Å². The Kier molecular flexibility index (Phi) is 11.4. The van der Waals surface area contributed by atoms with Gasteiger partial charge in [0.25, 0.3) is 0 Å². The van der Waals surface area contributed by atoms with Crippen molar-refractivity contribution in [1.29, 1.82) is 0 Å². The molecule has 0 heterocycles. The highest BCUT2D eigenvalue weighted by molar-refractivity contribution is 5.98. The number of nitrogens with two attached hydrogens (primary N) is 1. The Balaban J connectivity index is 3.72. The maximum absolute atomic E-state index is 11.4. The summed E-state index contributed by atoms with van der Waals surface area (Å²) in [6, 6.07) is -0.0319. The molecule has 8 heteroatoms. The predicted octanol–water partition coefficient (Wildman–Crippen LogP) is 0.0231. The number of likely N-dealkylation sites (N-methyl/N-ethyl adjacent to an activating group) is 1. The lowest BCUT2D eigenvalue weighted by molar-refractivity contribution is -0.124. The van der Waals surface area contributed by atoms with E-state index in [0.717, 1.165) is 32.2 Å². The van der Waals surface area contributed by atoms with Crippen molar-refractivity contribution in [2.24, 2.45) is 10.7 Å². The van der Waals surface area contributed by atoms with Crippen LogP contribution < -0.4 is 16.4 Å². The lowest BCUT2D eigenvalue weighted by atomic mass is 10.1. The van der Waals surface area contributed by atoms with E-state index in [9.17, 15) is 14.4 Å². The van der Waals surface area contributed by atoms with Crippen LogP contribution in [0.2, 0.25) is 0 Å². The Morgan fingerprint density at radius 1 is 1.12 bits per heavy atom. The number of nitrogens with one attached hydrogen (secondary N) is 2. The van der Waals surface area contributed by atoms with Crippen LogP contribution in [0.1, 0.15) is 46.5 Å².